The van der Waals surface area contributed by atoms with Crippen molar-refractivity contribution in [3.05, 3.63) is 78.9 Å². The van der Waals surface area contributed by atoms with Crippen LogP contribution < -0.4 is 4.74 Å². The number of benzene rings is 4. The molecule has 0 saturated heterocycles. The molecule has 0 radical (unpaired) electrons. The maximum Gasteiger partial charge on any atom is 0.306 e. The Balaban J connectivity index is 1.95. The average Bonchev–Trinajstić information content (AvgIpc) is 2.67. The van der Waals surface area contributed by atoms with Crippen LogP contribution in [0, 0.1) is 0 Å². The lowest BCUT2D eigenvalue weighted by Gasteiger charge is -2.16. The summed E-state index contributed by atoms with van der Waals surface area (Å²) >= 11 is 0. The first kappa shape index (κ1) is 16.2. The van der Waals surface area contributed by atoms with Crippen LogP contribution in [-0.4, -0.2) is 17.7 Å². The quantitative estimate of drug-likeness (QED) is 0.520. The van der Waals surface area contributed by atoms with Gasteiger partial charge in [0, 0.05) is 5.56 Å². The number of ether oxygens (including phenoxy) is 1. The second-order valence-corrected chi connectivity index (χ2v) is 6.18. The summed E-state index contributed by atoms with van der Waals surface area (Å²) in [6.45, 7) is 0.144. The van der Waals surface area contributed by atoms with Crippen LogP contribution in [-0.2, 0) is 4.79 Å². The predicted molar refractivity (Wildman–Crippen MR) is 105 cm³/mol. The summed E-state index contributed by atoms with van der Waals surface area (Å²) in [5.41, 5.74) is 2.09. The minimum Gasteiger partial charge on any atom is -0.492 e. The van der Waals surface area contributed by atoms with Crippen molar-refractivity contribution >= 4 is 27.5 Å². The zero-order valence-corrected chi connectivity index (χ0v) is 14.2. The molecule has 0 aliphatic heterocycles. The maximum absolute atomic E-state index is 10.9. The standard InChI is InChI=1S/C23H18O3/c24-22(25)14-15-26-21-13-12-17-7-2-4-10-19(17)23(21)20-11-5-8-16-6-1-3-9-18(16)20/h1-13H,14-15H2,(H,24,25). The van der Waals surface area contributed by atoms with Crippen LogP contribution in [0.1, 0.15) is 6.42 Å². The van der Waals surface area contributed by atoms with Gasteiger partial charge < -0.3 is 9.84 Å². The topological polar surface area (TPSA) is 46.5 Å². The van der Waals surface area contributed by atoms with Crippen LogP contribution in [0.25, 0.3) is 32.7 Å². The van der Waals surface area contributed by atoms with Gasteiger partial charge in [-0.2, -0.15) is 0 Å². The Labute approximate surface area is 151 Å². The molecule has 0 unspecified atom stereocenters. The summed E-state index contributed by atoms with van der Waals surface area (Å²) in [6.07, 6.45) is -0.0260. The molecule has 4 aromatic rings. The molecule has 0 saturated carbocycles. The third-order valence-electron chi connectivity index (χ3n) is 4.52. The minimum absolute atomic E-state index is 0.0260. The third-order valence-corrected chi connectivity index (χ3v) is 4.52. The molecule has 0 atom stereocenters. The molecule has 4 rings (SSSR count). The van der Waals surface area contributed by atoms with Gasteiger partial charge >= 0.3 is 5.97 Å². The van der Waals surface area contributed by atoms with Gasteiger partial charge in [-0.1, -0.05) is 72.8 Å². The van der Waals surface area contributed by atoms with E-state index < -0.39 is 5.97 Å². The van der Waals surface area contributed by atoms with Gasteiger partial charge in [-0.05, 0) is 33.2 Å². The Morgan fingerprint density at radius 3 is 2.19 bits per heavy atom. The first-order chi connectivity index (χ1) is 12.7. The van der Waals surface area contributed by atoms with Gasteiger partial charge in [-0.3, -0.25) is 4.79 Å². The highest BCUT2D eigenvalue weighted by Gasteiger charge is 2.14. The van der Waals surface area contributed by atoms with E-state index in [9.17, 15) is 4.79 Å². The molecular weight excluding hydrogens is 324 g/mol. The molecule has 0 aromatic heterocycles. The molecule has 128 valence electrons. The van der Waals surface area contributed by atoms with Crippen LogP contribution in [0.5, 0.6) is 5.75 Å². The Morgan fingerprint density at radius 1 is 0.769 bits per heavy atom. The van der Waals surface area contributed by atoms with Crippen molar-refractivity contribution in [2.24, 2.45) is 0 Å². The second-order valence-electron chi connectivity index (χ2n) is 6.18. The lowest BCUT2D eigenvalue weighted by Crippen LogP contribution is -2.05. The molecule has 4 aromatic carbocycles. The van der Waals surface area contributed by atoms with Crippen molar-refractivity contribution < 1.29 is 14.6 Å². The fourth-order valence-electron chi connectivity index (χ4n) is 3.34. The first-order valence-corrected chi connectivity index (χ1v) is 8.58. The largest absolute Gasteiger partial charge is 0.492 e. The zero-order valence-electron chi connectivity index (χ0n) is 14.2. The molecule has 0 amide bonds. The average molecular weight is 342 g/mol. The fourth-order valence-corrected chi connectivity index (χ4v) is 3.34. The number of carboxylic acids is 1. The lowest BCUT2D eigenvalue weighted by atomic mass is 9.93. The predicted octanol–water partition coefficient (Wildman–Crippen LogP) is 5.51. The van der Waals surface area contributed by atoms with E-state index >= 15 is 0 Å². The van der Waals surface area contributed by atoms with E-state index in [-0.39, 0.29) is 13.0 Å². The van der Waals surface area contributed by atoms with Gasteiger partial charge in [-0.25, -0.2) is 0 Å². The molecule has 0 aliphatic rings. The third kappa shape index (κ3) is 3.00. The van der Waals surface area contributed by atoms with Crippen LogP contribution in [0.4, 0.5) is 0 Å². The van der Waals surface area contributed by atoms with Crippen LogP contribution in [0.2, 0.25) is 0 Å². The van der Waals surface area contributed by atoms with E-state index in [1.54, 1.807) is 0 Å². The molecule has 0 fully saturated rings. The monoisotopic (exact) mass is 342 g/mol. The second kappa shape index (κ2) is 6.89. The van der Waals surface area contributed by atoms with Gasteiger partial charge in [0.05, 0.1) is 13.0 Å². The highest BCUT2D eigenvalue weighted by Crippen LogP contribution is 2.40. The van der Waals surface area contributed by atoms with E-state index in [0.29, 0.717) is 5.75 Å². The minimum atomic E-state index is -0.863. The highest BCUT2D eigenvalue weighted by atomic mass is 16.5. The van der Waals surface area contributed by atoms with E-state index in [1.165, 1.54) is 0 Å². The number of rotatable bonds is 5. The maximum atomic E-state index is 10.9. The van der Waals surface area contributed by atoms with Crippen molar-refractivity contribution in [1.29, 1.82) is 0 Å². The van der Waals surface area contributed by atoms with Crippen LogP contribution >= 0.6 is 0 Å². The zero-order chi connectivity index (χ0) is 17.9. The molecule has 26 heavy (non-hydrogen) atoms. The lowest BCUT2D eigenvalue weighted by molar-refractivity contribution is -0.137. The first-order valence-electron chi connectivity index (χ1n) is 8.58. The van der Waals surface area contributed by atoms with Crippen molar-refractivity contribution in [2.45, 2.75) is 6.42 Å². The van der Waals surface area contributed by atoms with Gasteiger partial charge in [-0.15, -0.1) is 0 Å². The van der Waals surface area contributed by atoms with Crippen molar-refractivity contribution in [1.82, 2.24) is 0 Å². The number of fused-ring (bicyclic) bond motifs is 2. The Morgan fingerprint density at radius 2 is 1.42 bits per heavy atom. The molecule has 1 N–H and O–H groups in total. The fraction of sp³-hybridized carbons (Fsp3) is 0.0870. The van der Waals surface area contributed by atoms with Gasteiger partial charge in [0.1, 0.15) is 5.75 Å². The molecular formula is C23H18O3. The van der Waals surface area contributed by atoms with E-state index in [2.05, 4.69) is 36.4 Å². The number of hydrogen-bond acceptors (Lipinski definition) is 2. The van der Waals surface area contributed by atoms with E-state index in [4.69, 9.17) is 9.84 Å². The number of carbonyl (C=O) groups is 1. The molecule has 0 aliphatic carbocycles. The highest BCUT2D eigenvalue weighted by molar-refractivity contribution is 6.07. The van der Waals surface area contributed by atoms with Crippen LogP contribution in [0.3, 0.4) is 0 Å². The summed E-state index contributed by atoms with van der Waals surface area (Å²) < 4.78 is 5.88. The molecule has 3 nitrogen and oxygen atoms in total. The Bertz CT molecular complexity index is 1090. The number of carboxylic acid groups (broad SMARTS) is 1. The normalized spacial score (nSPS) is 10.9. The SMILES string of the molecule is O=C(O)CCOc1ccc2ccccc2c1-c1cccc2ccccc12. The molecule has 0 bridgehead atoms. The van der Waals surface area contributed by atoms with Gasteiger partial charge in [0.2, 0.25) is 0 Å². The summed E-state index contributed by atoms with van der Waals surface area (Å²) in [5, 5.41) is 13.4. The summed E-state index contributed by atoms with van der Waals surface area (Å²) in [4.78, 5) is 10.9. The van der Waals surface area contributed by atoms with Crippen molar-refractivity contribution in [3.8, 4) is 16.9 Å². The molecule has 0 spiro atoms. The van der Waals surface area contributed by atoms with Crippen molar-refractivity contribution in [3.63, 3.8) is 0 Å². The smallest absolute Gasteiger partial charge is 0.306 e. The molecule has 3 heteroatoms. The summed E-state index contributed by atoms with van der Waals surface area (Å²) in [7, 11) is 0. The summed E-state index contributed by atoms with van der Waals surface area (Å²) in [6, 6.07) is 26.6. The number of aliphatic carboxylic acids is 1. The van der Waals surface area contributed by atoms with E-state index in [0.717, 1.165) is 32.7 Å². The van der Waals surface area contributed by atoms with Crippen molar-refractivity contribution in [2.75, 3.05) is 6.61 Å². The Hall–Kier alpha value is -3.33. The van der Waals surface area contributed by atoms with Gasteiger partial charge in [0.25, 0.3) is 0 Å². The molecule has 0 heterocycles. The summed E-state index contributed by atoms with van der Waals surface area (Å²) in [5.74, 6) is -0.154. The number of hydrogen-bond donors (Lipinski definition) is 1. The van der Waals surface area contributed by atoms with Crippen LogP contribution in [0.15, 0.2) is 78.9 Å². The van der Waals surface area contributed by atoms with Gasteiger partial charge in [0.15, 0.2) is 0 Å². The Kier molecular flexibility index (Phi) is 4.28. The van der Waals surface area contributed by atoms with E-state index in [1.807, 2.05) is 42.5 Å².